The van der Waals surface area contributed by atoms with Crippen LogP contribution >= 0.6 is 23.2 Å². The summed E-state index contributed by atoms with van der Waals surface area (Å²) in [4.78, 5) is 17.9. The molecule has 31 heavy (non-hydrogen) atoms. The number of carbonyl (C=O) groups excluding carboxylic acids is 1. The molecule has 11 heteroatoms. The number of nitrogens with one attached hydrogen (secondary N) is 2. The quantitative estimate of drug-likeness (QED) is 0.407. The predicted molar refractivity (Wildman–Crippen MR) is 115 cm³/mol. The monoisotopic (exact) mass is 470 g/mol. The molecular weight excluding hydrogens is 456 g/mol. The number of carbonyl (C=O) groups is 1. The lowest BCUT2D eigenvalue weighted by Crippen LogP contribution is -2.20. The van der Waals surface area contributed by atoms with Gasteiger partial charge in [-0.2, -0.15) is 0 Å². The third-order valence-electron chi connectivity index (χ3n) is 4.02. The van der Waals surface area contributed by atoms with E-state index >= 15 is 0 Å². The van der Waals surface area contributed by atoms with Gasteiger partial charge < -0.3 is 20.3 Å². The number of anilines is 4. The number of rotatable bonds is 5. The van der Waals surface area contributed by atoms with Crippen molar-refractivity contribution >= 4 is 52.0 Å². The van der Waals surface area contributed by atoms with Crippen LogP contribution in [-0.2, 0) is 0 Å². The molecule has 0 unspecified atom stereocenters. The number of benzene rings is 2. The largest absolute Gasteiger partial charge is 0.573 e. The molecule has 2 N–H and O–H groups in total. The van der Waals surface area contributed by atoms with Crippen LogP contribution < -0.4 is 20.3 Å². The number of amides is 2. The third kappa shape index (κ3) is 6.40. The molecule has 0 aliphatic heterocycles. The number of pyridine rings is 1. The van der Waals surface area contributed by atoms with Crippen molar-refractivity contribution in [2.75, 3.05) is 22.6 Å². The van der Waals surface area contributed by atoms with Gasteiger partial charge in [-0.15, -0.1) is 13.2 Å². The maximum Gasteiger partial charge on any atom is 0.573 e. The third-order valence-corrected chi connectivity index (χ3v) is 4.52. The maximum absolute atomic E-state index is 12.2. The molecule has 6 nitrogen and oxygen atoms in total. The number of hydrogen-bond acceptors (Lipinski definition) is 4. The fourth-order valence-corrected chi connectivity index (χ4v) is 2.98. The Kier molecular flexibility index (Phi) is 6.77. The second-order valence-corrected chi connectivity index (χ2v) is 7.01. The molecule has 1 aromatic heterocycles. The van der Waals surface area contributed by atoms with Crippen molar-refractivity contribution in [2.45, 2.75) is 6.36 Å². The molecule has 2 amide bonds. The van der Waals surface area contributed by atoms with Crippen LogP contribution in [0.3, 0.4) is 0 Å². The minimum Gasteiger partial charge on any atom is -0.406 e. The van der Waals surface area contributed by atoms with E-state index in [1.807, 2.05) is 4.90 Å². The number of halogens is 5. The Bertz CT molecular complexity index is 1060. The standard InChI is InChI=1S/C20H15Cl2F3N4O2/c1-29(17-10-18(22)26-11-16(17)21)14-6-2-12(3-7-14)27-19(30)28-13-4-8-15(9-5-13)31-20(23,24)25/h2-11H,1H3,(H2,27,28,30). The summed E-state index contributed by atoms with van der Waals surface area (Å²) in [5.41, 5.74) is 2.26. The highest BCUT2D eigenvalue weighted by atomic mass is 35.5. The molecule has 0 radical (unpaired) electrons. The van der Waals surface area contributed by atoms with Crippen LogP contribution in [0.2, 0.25) is 10.2 Å². The summed E-state index contributed by atoms with van der Waals surface area (Å²) in [5, 5.41) is 5.89. The van der Waals surface area contributed by atoms with Gasteiger partial charge in [-0.25, -0.2) is 9.78 Å². The fourth-order valence-electron chi connectivity index (χ4n) is 2.60. The highest BCUT2D eigenvalue weighted by Gasteiger charge is 2.30. The predicted octanol–water partition coefficient (Wildman–Crippen LogP) is 6.70. The van der Waals surface area contributed by atoms with Gasteiger partial charge in [0.25, 0.3) is 0 Å². The van der Waals surface area contributed by atoms with E-state index in [1.165, 1.54) is 18.3 Å². The van der Waals surface area contributed by atoms with Gasteiger partial charge in [0, 0.05) is 36.4 Å². The fraction of sp³-hybridized carbons (Fsp3) is 0.100. The topological polar surface area (TPSA) is 66.5 Å². The summed E-state index contributed by atoms with van der Waals surface area (Å²) >= 11 is 12.1. The van der Waals surface area contributed by atoms with Gasteiger partial charge in [-0.1, -0.05) is 23.2 Å². The second kappa shape index (κ2) is 9.32. The van der Waals surface area contributed by atoms with Gasteiger partial charge >= 0.3 is 12.4 Å². The number of hydrogen-bond donors (Lipinski definition) is 2. The van der Waals surface area contributed by atoms with E-state index in [9.17, 15) is 18.0 Å². The lowest BCUT2D eigenvalue weighted by atomic mass is 10.2. The summed E-state index contributed by atoms with van der Waals surface area (Å²) in [7, 11) is 1.80. The van der Waals surface area contributed by atoms with Crippen LogP contribution in [0, 0.1) is 0 Å². The Morgan fingerprint density at radius 2 is 1.55 bits per heavy atom. The Balaban J connectivity index is 1.60. The molecule has 0 aliphatic carbocycles. The van der Waals surface area contributed by atoms with Crippen LogP contribution in [-0.4, -0.2) is 24.4 Å². The van der Waals surface area contributed by atoms with Crippen molar-refractivity contribution < 1.29 is 22.7 Å². The van der Waals surface area contributed by atoms with Crippen molar-refractivity contribution in [2.24, 2.45) is 0 Å². The van der Waals surface area contributed by atoms with Crippen LogP contribution in [0.1, 0.15) is 0 Å². The molecule has 2 aromatic carbocycles. The van der Waals surface area contributed by atoms with Crippen LogP contribution in [0.4, 0.5) is 40.7 Å². The summed E-state index contributed by atoms with van der Waals surface area (Å²) < 4.78 is 40.3. The molecule has 1 heterocycles. The molecule has 0 saturated heterocycles. The molecule has 0 spiro atoms. The van der Waals surface area contributed by atoms with E-state index in [2.05, 4.69) is 20.4 Å². The van der Waals surface area contributed by atoms with Crippen molar-refractivity contribution in [3.05, 3.63) is 71.0 Å². The van der Waals surface area contributed by atoms with E-state index in [0.29, 0.717) is 27.2 Å². The number of nitrogens with zero attached hydrogens (tertiary/aromatic N) is 2. The smallest absolute Gasteiger partial charge is 0.406 e. The zero-order valence-electron chi connectivity index (χ0n) is 15.9. The highest BCUT2D eigenvalue weighted by Crippen LogP contribution is 2.32. The van der Waals surface area contributed by atoms with E-state index < -0.39 is 12.4 Å². The summed E-state index contributed by atoms with van der Waals surface area (Å²) in [6.07, 6.45) is -3.32. The van der Waals surface area contributed by atoms with Crippen molar-refractivity contribution in [1.82, 2.24) is 4.98 Å². The molecule has 0 fully saturated rings. The summed E-state index contributed by atoms with van der Waals surface area (Å²) in [5.74, 6) is -0.381. The lowest BCUT2D eigenvalue weighted by molar-refractivity contribution is -0.274. The zero-order chi connectivity index (χ0) is 22.6. The van der Waals surface area contributed by atoms with Crippen LogP contribution in [0.5, 0.6) is 5.75 Å². The molecular formula is C20H15Cl2F3N4O2. The van der Waals surface area contributed by atoms with Gasteiger partial charge in [0.2, 0.25) is 0 Å². The average Bonchev–Trinajstić information content (AvgIpc) is 2.70. The molecule has 162 valence electrons. The van der Waals surface area contributed by atoms with E-state index in [1.54, 1.807) is 37.4 Å². The molecule has 3 rings (SSSR count). The first kappa shape index (κ1) is 22.5. The normalized spacial score (nSPS) is 11.0. The first-order valence-corrected chi connectivity index (χ1v) is 9.45. The SMILES string of the molecule is CN(c1ccc(NC(=O)Nc2ccc(OC(F)(F)F)cc2)cc1)c1cc(Cl)ncc1Cl. The first-order valence-electron chi connectivity index (χ1n) is 8.69. The molecule has 0 saturated carbocycles. The van der Waals surface area contributed by atoms with Gasteiger partial charge in [0.1, 0.15) is 10.9 Å². The number of aromatic nitrogens is 1. The summed E-state index contributed by atoms with van der Waals surface area (Å²) in [6, 6.07) is 12.8. The van der Waals surface area contributed by atoms with Crippen molar-refractivity contribution in [3.8, 4) is 5.75 Å². The highest BCUT2D eigenvalue weighted by molar-refractivity contribution is 6.34. The van der Waals surface area contributed by atoms with Gasteiger partial charge in [0.05, 0.1) is 10.7 Å². The van der Waals surface area contributed by atoms with Gasteiger partial charge in [-0.3, -0.25) is 0 Å². The minimum atomic E-state index is -4.78. The Morgan fingerprint density at radius 3 is 2.10 bits per heavy atom. The molecule has 0 bridgehead atoms. The van der Waals surface area contributed by atoms with E-state index in [0.717, 1.165) is 17.8 Å². The van der Waals surface area contributed by atoms with Crippen molar-refractivity contribution in [1.29, 1.82) is 0 Å². The van der Waals surface area contributed by atoms with E-state index in [-0.39, 0.29) is 5.75 Å². The average molecular weight is 471 g/mol. The zero-order valence-corrected chi connectivity index (χ0v) is 17.4. The molecule has 0 atom stereocenters. The van der Waals surface area contributed by atoms with Crippen LogP contribution in [0.25, 0.3) is 0 Å². The minimum absolute atomic E-state index is 0.299. The Hall–Kier alpha value is -3.17. The molecule has 0 aliphatic rings. The van der Waals surface area contributed by atoms with E-state index in [4.69, 9.17) is 23.2 Å². The first-order chi connectivity index (χ1) is 14.6. The number of alkyl halides is 3. The Labute approximate surface area is 185 Å². The Morgan fingerprint density at radius 1 is 1.00 bits per heavy atom. The number of urea groups is 1. The maximum atomic E-state index is 12.2. The second-order valence-electron chi connectivity index (χ2n) is 6.22. The van der Waals surface area contributed by atoms with Crippen molar-refractivity contribution in [3.63, 3.8) is 0 Å². The van der Waals surface area contributed by atoms with Gasteiger partial charge in [-0.05, 0) is 48.5 Å². The summed E-state index contributed by atoms with van der Waals surface area (Å²) in [6.45, 7) is 0. The van der Waals surface area contributed by atoms with Crippen LogP contribution in [0.15, 0.2) is 60.8 Å². The number of ether oxygens (including phenoxy) is 1. The van der Waals surface area contributed by atoms with Gasteiger partial charge in [0.15, 0.2) is 0 Å². The molecule has 3 aromatic rings. The lowest BCUT2D eigenvalue weighted by Gasteiger charge is -2.21.